The smallest absolute Gasteiger partial charge is 0.254 e. The number of aryl methyl sites for hydroxylation is 1. The standard InChI is InChI=1S/C11H14N3OS.HI/c1-3-14-7-5-6-9(8-14)10-11(15-4-2)13-16-12-10;/h5-8H,3-4H2,1-2H3;1H/q+1;/p-1. The maximum atomic E-state index is 5.43. The molecule has 0 radical (unpaired) electrons. The molecular formula is C11H14IN3OS. The van der Waals surface area contributed by atoms with Crippen LogP contribution in [0.4, 0.5) is 0 Å². The normalized spacial score (nSPS) is 9.76. The largest absolute Gasteiger partial charge is 1.00 e. The van der Waals surface area contributed by atoms with Crippen molar-refractivity contribution in [1.82, 2.24) is 8.75 Å². The average Bonchev–Trinajstić information content (AvgIpc) is 2.78. The van der Waals surface area contributed by atoms with Crippen molar-refractivity contribution < 1.29 is 33.3 Å². The van der Waals surface area contributed by atoms with Gasteiger partial charge in [0, 0.05) is 6.07 Å². The molecule has 0 bridgehead atoms. The molecule has 17 heavy (non-hydrogen) atoms. The van der Waals surface area contributed by atoms with Crippen LogP contribution in [0.25, 0.3) is 11.3 Å². The predicted octanol–water partition coefficient (Wildman–Crippen LogP) is -1.08. The molecule has 0 aliphatic carbocycles. The maximum absolute atomic E-state index is 5.43. The topological polar surface area (TPSA) is 38.9 Å². The number of hydrogen-bond donors (Lipinski definition) is 0. The van der Waals surface area contributed by atoms with Crippen molar-refractivity contribution in [2.24, 2.45) is 0 Å². The van der Waals surface area contributed by atoms with Gasteiger partial charge in [0.05, 0.1) is 23.9 Å². The lowest BCUT2D eigenvalue weighted by Gasteiger charge is -2.00. The van der Waals surface area contributed by atoms with Gasteiger partial charge in [0.1, 0.15) is 6.54 Å². The molecule has 0 aromatic carbocycles. The summed E-state index contributed by atoms with van der Waals surface area (Å²) >= 11 is 1.18. The van der Waals surface area contributed by atoms with Crippen molar-refractivity contribution in [3.05, 3.63) is 24.5 Å². The summed E-state index contributed by atoms with van der Waals surface area (Å²) < 4.78 is 15.9. The second kappa shape index (κ2) is 6.85. The first-order valence-corrected chi connectivity index (χ1v) is 6.03. The van der Waals surface area contributed by atoms with Crippen LogP contribution in [-0.4, -0.2) is 15.4 Å². The van der Waals surface area contributed by atoms with Crippen LogP contribution in [0, 0.1) is 0 Å². The van der Waals surface area contributed by atoms with Crippen molar-refractivity contribution in [3.8, 4) is 17.1 Å². The van der Waals surface area contributed by atoms with Crippen LogP contribution < -0.4 is 33.3 Å². The van der Waals surface area contributed by atoms with Crippen LogP contribution in [-0.2, 0) is 6.54 Å². The second-order valence-corrected chi connectivity index (χ2v) is 3.80. The number of hydrogen-bond acceptors (Lipinski definition) is 4. The molecule has 2 aromatic heterocycles. The minimum Gasteiger partial charge on any atom is -1.00 e. The molecule has 0 aliphatic heterocycles. The number of rotatable bonds is 4. The number of aromatic nitrogens is 3. The predicted molar refractivity (Wildman–Crippen MR) is 62.4 cm³/mol. The Balaban J connectivity index is 0.00000144. The zero-order valence-electron chi connectivity index (χ0n) is 9.76. The lowest BCUT2D eigenvalue weighted by atomic mass is 10.2. The molecule has 2 aromatic rings. The minimum absolute atomic E-state index is 0. The van der Waals surface area contributed by atoms with E-state index in [1.165, 1.54) is 11.7 Å². The van der Waals surface area contributed by atoms with Gasteiger partial charge < -0.3 is 28.7 Å². The Morgan fingerprint density at radius 3 is 2.88 bits per heavy atom. The molecule has 0 saturated carbocycles. The maximum Gasteiger partial charge on any atom is 0.254 e. The van der Waals surface area contributed by atoms with E-state index in [0.29, 0.717) is 12.5 Å². The minimum atomic E-state index is 0. The van der Waals surface area contributed by atoms with E-state index in [1.54, 1.807) is 0 Å². The molecule has 2 heterocycles. The Bertz CT molecular complexity index is 475. The van der Waals surface area contributed by atoms with Crippen LogP contribution in [0.15, 0.2) is 24.5 Å². The SMILES string of the molecule is CCOc1nsnc1-c1ccc[n+](CC)c1.[I-]. The van der Waals surface area contributed by atoms with Crippen molar-refractivity contribution >= 4 is 11.7 Å². The first kappa shape index (κ1) is 14.3. The molecule has 0 N–H and O–H groups in total. The second-order valence-electron chi connectivity index (χ2n) is 3.27. The van der Waals surface area contributed by atoms with Crippen molar-refractivity contribution in [3.63, 3.8) is 0 Å². The number of halogens is 1. The van der Waals surface area contributed by atoms with Crippen LogP contribution in [0.3, 0.4) is 0 Å². The van der Waals surface area contributed by atoms with E-state index < -0.39 is 0 Å². The zero-order valence-corrected chi connectivity index (χ0v) is 12.7. The Morgan fingerprint density at radius 1 is 1.35 bits per heavy atom. The van der Waals surface area contributed by atoms with Crippen LogP contribution in [0.1, 0.15) is 13.8 Å². The molecule has 2 rings (SSSR count). The Kier molecular flexibility index (Phi) is 5.76. The van der Waals surface area contributed by atoms with Gasteiger partial charge in [0.25, 0.3) is 5.88 Å². The fourth-order valence-corrected chi connectivity index (χ4v) is 1.97. The zero-order chi connectivity index (χ0) is 11.4. The summed E-state index contributed by atoms with van der Waals surface area (Å²) in [7, 11) is 0. The average molecular weight is 363 g/mol. The molecule has 0 aliphatic rings. The summed E-state index contributed by atoms with van der Waals surface area (Å²) in [5.41, 5.74) is 1.87. The van der Waals surface area contributed by atoms with E-state index in [0.717, 1.165) is 17.8 Å². The van der Waals surface area contributed by atoms with Crippen molar-refractivity contribution in [2.75, 3.05) is 6.61 Å². The van der Waals surface area contributed by atoms with Gasteiger partial charge in [-0.25, -0.2) is 4.57 Å². The molecule has 0 atom stereocenters. The fraction of sp³-hybridized carbons (Fsp3) is 0.364. The van der Waals surface area contributed by atoms with Gasteiger partial charge in [-0.2, -0.15) is 4.37 Å². The highest BCUT2D eigenvalue weighted by molar-refractivity contribution is 6.99. The third-order valence-corrected chi connectivity index (χ3v) is 2.75. The quantitative estimate of drug-likeness (QED) is 0.512. The highest BCUT2D eigenvalue weighted by Gasteiger charge is 2.14. The summed E-state index contributed by atoms with van der Waals surface area (Å²) in [5, 5.41) is 0. The number of pyridine rings is 1. The molecule has 0 unspecified atom stereocenters. The Morgan fingerprint density at radius 2 is 2.18 bits per heavy atom. The molecule has 4 nitrogen and oxygen atoms in total. The van der Waals surface area contributed by atoms with Crippen LogP contribution in [0.2, 0.25) is 0 Å². The van der Waals surface area contributed by atoms with Gasteiger partial charge in [-0.15, -0.1) is 4.37 Å². The van der Waals surface area contributed by atoms with Crippen molar-refractivity contribution in [2.45, 2.75) is 20.4 Å². The van der Waals surface area contributed by atoms with E-state index in [1.807, 2.05) is 25.3 Å². The van der Waals surface area contributed by atoms with E-state index >= 15 is 0 Å². The van der Waals surface area contributed by atoms with Crippen LogP contribution in [0.5, 0.6) is 5.88 Å². The molecule has 0 amide bonds. The van der Waals surface area contributed by atoms with Gasteiger partial charge >= 0.3 is 0 Å². The van der Waals surface area contributed by atoms with Gasteiger partial charge in [-0.1, -0.05) is 0 Å². The third kappa shape index (κ3) is 3.35. The third-order valence-electron chi connectivity index (χ3n) is 2.24. The van der Waals surface area contributed by atoms with E-state index in [-0.39, 0.29) is 24.0 Å². The van der Waals surface area contributed by atoms with E-state index in [2.05, 4.69) is 26.4 Å². The number of ether oxygens (including phenoxy) is 1. The highest BCUT2D eigenvalue weighted by atomic mass is 127. The summed E-state index contributed by atoms with van der Waals surface area (Å²) in [6.07, 6.45) is 4.09. The van der Waals surface area contributed by atoms with Gasteiger partial charge in [-0.05, 0) is 19.9 Å². The lowest BCUT2D eigenvalue weighted by Crippen LogP contribution is -3.00. The summed E-state index contributed by atoms with van der Waals surface area (Å²) in [4.78, 5) is 0. The molecule has 6 heteroatoms. The number of nitrogens with zero attached hydrogens (tertiary/aromatic N) is 3. The first-order valence-electron chi connectivity index (χ1n) is 5.30. The van der Waals surface area contributed by atoms with Gasteiger partial charge in [0.15, 0.2) is 18.1 Å². The monoisotopic (exact) mass is 363 g/mol. The Labute approximate surface area is 122 Å². The van der Waals surface area contributed by atoms with Crippen molar-refractivity contribution in [1.29, 1.82) is 0 Å². The van der Waals surface area contributed by atoms with Crippen LogP contribution >= 0.6 is 11.7 Å². The van der Waals surface area contributed by atoms with Gasteiger partial charge in [-0.3, -0.25) is 0 Å². The fourth-order valence-electron chi connectivity index (χ4n) is 1.45. The van der Waals surface area contributed by atoms with Gasteiger partial charge in [0.2, 0.25) is 0 Å². The summed E-state index contributed by atoms with van der Waals surface area (Å²) in [6, 6.07) is 4.03. The first-order chi connectivity index (χ1) is 7.85. The summed E-state index contributed by atoms with van der Waals surface area (Å²) in [6.45, 7) is 5.60. The summed E-state index contributed by atoms with van der Waals surface area (Å²) in [5.74, 6) is 0.626. The van der Waals surface area contributed by atoms with E-state index in [9.17, 15) is 0 Å². The molecule has 0 saturated heterocycles. The molecule has 92 valence electrons. The lowest BCUT2D eigenvalue weighted by molar-refractivity contribution is -0.693. The van der Waals surface area contributed by atoms with E-state index in [4.69, 9.17) is 4.74 Å². The highest BCUT2D eigenvalue weighted by Crippen LogP contribution is 2.26. The molecule has 0 fully saturated rings. The molecule has 0 spiro atoms. The Hall–Kier alpha value is -0.760. The molecular weight excluding hydrogens is 349 g/mol.